The van der Waals surface area contributed by atoms with Crippen LogP contribution in [0.2, 0.25) is 5.02 Å². The molecule has 0 aliphatic carbocycles. The van der Waals surface area contributed by atoms with Crippen molar-refractivity contribution in [1.29, 1.82) is 0 Å². The first-order chi connectivity index (χ1) is 13.2. The molecule has 1 amide bonds. The molecule has 28 heavy (non-hydrogen) atoms. The van der Waals surface area contributed by atoms with Crippen molar-refractivity contribution in [3.8, 4) is 11.5 Å². The minimum Gasteiger partial charge on any atom is -0.497 e. The first-order valence-electron chi connectivity index (χ1n) is 8.02. The number of methoxy groups -OCH3 is 2. The largest absolute Gasteiger partial charge is 0.497 e. The van der Waals surface area contributed by atoms with Crippen molar-refractivity contribution >= 4 is 39.4 Å². The third kappa shape index (κ3) is 5.86. The number of nitrogens with one attached hydrogen (secondary N) is 1. The van der Waals surface area contributed by atoms with Gasteiger partial charge in [0, 0.05) is 10.6 Å². The first-order valence-corrected chi connectivity index (χ1v) is 10.2. The van der Waals surface area contributed by atoms with Gasteiger partial charge in [0.2, 0.25) is 10.0 Å². The fourth-order valence-electron chi connectivity index (χ4n) is 2.29. The molecule has 0 aliphatic heterocycles. The highest BCUT2D eigenvalue weighted by atomic mass is 35.5. The third-order valence-electron chi connectivity index (χ3n) is 3.63. The smallest absolute Gasteiger partial charge is 0.260 e. The SMILES string of the molecule is COc1ccc(OC)c(C=NNC(=O)CN(c2ccc(Cl)cc2)S(C)(=O)=O)c1. The summed E-state index contributed by atoms with van der Waals surface area (Å²) in [5, 5.41) is 4.32. The van der Waals surface area contributed by atoms with E-state index in [1.54, 1.807) is 30.3 Å². The molecular weight excluding hydrogens is 406 g/mol. The normalized spacial score (nSPS) is 11.3. The van der Waals surface area contributed by atoms with Gasteiger partial charge in [0.1, 0.15) is 18.0 Å². The molecule has 0 bridgehead atoms. The number of carbonyl (C=O) groups excluding carboxylic acids is 1. The fraction of sp³-hybridized carbons (Fsp3) is 0.222. The van der Waals surface area contributed by atoms with Gasteiger partial charge in [0.05, 0.1) is 32.4 Å². The lowest BCUT2D eigenvalue weighted by Gasteiger charge is -2.21. The van der Waals surface area contributed by atoms with Crippen LogP contribution in [-0.2, 0) is 14.8 Å². The Morgan fingerprint density at radius 1 is 1.18 bits per heavy atom. The number of halogens is 1. The highest BCUT2D eigenvalue weighted by Gasteiger charge is 2.20. The molecule has 0 saturated heterocycles. The number of rotatable bonds is 8. The topological polar surface area (TPSA) is 97.3 Å². The van der Waals surface area contributed by atoms with Gasteiger partial charge in [0.15, 0.2) is 0 Å². The zero-order valence-electron chi connectivity index (χ0n) is 15.5. The van der Waals surface area contributed by atoms with E-state index in [2.05, 4.69) is 10.5 Å². The first kappa shape index (κ1) is 21.5. The van der Waals surface area contributed by atoms with Crippen molar-refractivity contribution in [3.63, 3.8) is 0 Å². The van der Waals surface area contributed by atoms with Crippen molar-refractivity contribution in [1.82, 2.24) is 5.43 Å². The van der Waals surface area contributed by atoms with Crippen LogP contribution in [0.15, 0.2) is 47.6 Å². The molecule has 1 N–H and O–H groups in total. The van der Waals surface area contributed by atoms with Gasteiger partial charge in [0.25, 0.3) is 5.91 Å². The fourth-order valence-corrected chi connectivity index (χ4v) is 3.27. The molecule has 0 fully saturated rings. The molecule has 0 saturated carbocycles. The molecule has 0 unspecified atom stereocenters. The second-order valence-corrected chi connectivity index (χ2v) is 7.99. The van der Waals surface area contributed by atoms with Crippen molar-refractivity contribution in [3.05, 3.63) is 53.1 Å². The number of ether oxygens (including phenoxy) is 2. The van der Waals surface area contributed by atoms with Crippen LogP contribution in [0.5, 0.6) is 11.5 Å². The van der Waals surface area contributed by atoms with Gasteiger partial charge in [-0.2, -0.15) is 5.10 Å². The Balaban J connectivity index is 2.11. The maximum Gasteiger partial charge on any atom is 0.260 e. The molecule has 0 atom stereocenters. The summed E-state index contributed by atoms with van der Waals surface area (Å²) in [6, 6.07) is 11.2. The number of anilines is 1. The summed E-state index contributed by atoms with van der Waals surface area (Å²) < 4.78 is 35.4. The van der Waals surface area contributed by atoms with E-state index in [-0.39, 0.29) is 0 Å². The lowest BCUT2D eigenvalue weighted by molar-refractivity contribution is -0.119. The second kappa shape index (κ2) is 9.43. The van der Waals surface area contributed by atoms with Crippen LogP contribution in [0.4, 0.5) is 5.69 Å². The number of sulfonamides is 1. The molecule has 150 valence electrons. The number of nitrogens with zero attached hydrogens (tertiary/aromatic N) is 2. The Bertz CT molecular complexity index is 962. The van der Waals surface area contributed by atoms with E-state index in [0.29, 0.717) is 27.8 Å². The summed E-state index contributed by atoms with van der Waals surface area (Å²) in [7, 11) is -0.645. The Morgan fingerprint density at radius 3 is 2.43 bits per heavy atom. The lowest BCUT2D eigenvalue weighted by atomic mass is 10.2. The van der Waals surface area contributed by atoms with Crippen LogP contribution in [-0.4, -0.2) is 47.6 Å². The third-order valence-corrected chi connectivity index (χ3v) is 5.02. The predicted molar refractivity (Wildman–Crippen MR) is 109 cm³/mol. The molecule has 0 spiro atoms. The number of amides is 1. The van der Waals surface area contributed by atoms with E-state index in [1.807, 2.05) is 0 Å². The molecular formula is C18H20ClN3O5S. The van der Waals surface area contributed by atoms with Gasteiger partial charge < -0.3 is 9.47 Å². The average molecular weight is 426 g/mol. The van der Waals surface area contributed by atoms with Gasteiger partial charge >= 0.3 is 0 Å². The van der Waals surface area contributed by atoms with Crippen molar-refractivity contribution in [2.75, 3.05) is 31.3 Å². The summed E-state index contributed by atoms with van der Waals surface area (Å²) in [4.78, 5) is 12.2. The van der Waals surface area contributed by atoms with Crippen molar-refractivity contribution < 1.29 is 22.7 Å². The average Bonchev–Trinajstić information content (AvgIpc) is 2.66. The van der Waals surface area contributed by atoms with Crippen LogP contribution < -0.4 is 19.2 Å². The maximum absolute atomic E-state index is 12.2. The molecule has 10 heteroatoms. The van der Waals surface area contributed by atoms with E-state index in [0.717, 1.165) is 10.6 Å². The Kier molecular flexibility index (Phi) is 7.24. The van der Waals surface area contributed by atoms with E-state index in [1.165, 1.54) is 32.6 Å². The Hall–Kier alpha value is -2.78. The molecule has 2 rings (SSSR count). The van der Waals surface area contributed by atoms with E-state index >= 15 is 0 Å². The van der Waals surface area contributed by atoms with Crippen LogP contribution >= 0.6 is 11.6 Å². The van der Waals surface area contributed by atoms with Gasteiger partial charge in [-0.15, -0.1) is 0 Å². The molecule has 2 aromatic rings. The van der Waals surface area contributed by atoms with Crippen molar-refractivity contribution in [2.24, 2.45) is 5.10 Å². The number of carbonyl (C=O) groups is 1. The lowest BCUT2D eigenvalue weighted by Crippen LogP contribution is -2.39. The summed E-state index contributed by atoms with van der Waals surface area (Å²) in [6.07, 6.45) is 2.39. The van der Waals surface area contributed by atoms with Gasteiger partial charge in [-0.25, -0.2) is 13.8 Å². The molecule has 0 aromatic heterocycles. The molecule has 0 radical (unpaired) electrons. The Morgan fingerprint density at radius 2 is 1.86 bits per heavy atom. The van der Waals surface area contributed by atoms with Crippen LogP contribution in [0.3, 0.4) is 0 Å². The standard InChI is InChI=1S/C18H20ClN3O5S/c1-26-16-8-9-17(27-2)13(10-16)11-20-21-18(23)12-22(28(3,24)25)15-6-4-14(19)5-7-15/h4-11H,12H2,1-3H3,(H,21,23). The minimum atomic E-state index is -3.68. The highest BCUT2D eigenvalue weighted by molar-refractivity contribution is 7.92. The van der Waals surface area contributed by atoms with Crippen LogP contribution in [0.25, 0.3) is 0 Å². The predicted octanol–water partition coefficient (Wildman–Crippen LogP) is 2.27. The number of hydrogen-bond donors (Lipinski definition) is 1. The van der Waals surface area contributed by atoms with Crippen LogP contribution in [0.1, 0.15) is 5.56 Å². The summed E-state index contributed by atoms with van der Waals surface area (Å²) in [5.74, 6) is 0.524. The molecule has 0 aliphatic rings. The van der Waals surface area contributed by atoms with E-state index < -0.39 is 22.5 Å². The van der Waals surface area contributed by atoms with E-state index in [9.17, 15) is 13.2 Å². The van der Waals surface area contributed by atoms with Gasteiger partial charge in [-0.1, -0.05) is 11.6 Å². The highest BCUT2D eigenvalue weighted by Crippen LogP contribution is 2.22. The summed E-state index contributed by atoms with van der Waals surface area (Å²) in [6.45, 7) is -0.437. The number of hydrogen-bond acceptors (Lipinski definition) is 6. The Labute approximate surface area is 168 Å². The van der Waals surface area contributed by atoms with Gasteiger partial charge in [-0.05, 0) is 42.5 Å². The van der Waals surface area contributed by atoms with Crippen LogP contribution in [0, 0.1) is 0 Å². The molecule has 8 nitrogen and oxygen atoms in total. The summed E-state index contributed by atoms with van der Waals surface area (Å²) >= 11 is 5.82. The van der Waals surface area contributed by atoms with E-state index in [4.69, 9.17) is 21.1 Å². The quantitative estimate of drug-likeness (QED) is 0.517. The monoisotopic (exact) mass is 425 g/mol. The summed E-state index contributed by atoms with van der Waals surface area (Å²) in [5.41, 5.74) is 3.21. The maximum atomic E-state index is 12.2. The zero-order valence-corrected chi connectivity index (χ0v) is 17.1. The second-order valence-electron chi connectivity index (χ2n) is 5.65. The van der Waals surface area contributed by atoms with Crippen molar-refractivity contribution in [2.45, 2.75) is 0 Å². The minimum absolute atomic E-state index is 0.320. The van der Waals surface area contributed by atoms with Gasteiger partial charge in [-0.3, -0.25) is 9.10 Å². The number of benzene rings is 2. The number of hydrazone groups is 1. The molecule has 0 heterocycles. The zero-order chi connectivity index (χ0) is 20.7. The molecule has 2 aromatic carbocycles.